The van der Waals surface area contributed by atoms with Crippen LogP contribution in [0.15, 0.2) is 66.7 Å². The van der Waals surface area contributed by atoms with Gasteiger partial charge in [0, 0.05) is 16.5 Å². The van der Waals surface area contributed by atoms with Crippen LogP contribution < -0.4 is 4.74 Å². The lowest BCUT2D eigenvalue weighted by Gasteiger charge is -2.12. The smallest absolute Gasteiger partial charge is 0.403 e. The summed E-state index contributed by atoms with van der Waals surface area (Å²) in [4.78, 5) is 0. The predicted molar refractivity (Wildman–Crippen MR) is 125 cm³/mol. The third-order valence-corrected chi connectivity index (χ3v) is 5.84. The molecule has 35 heavy (non-hydrogen) atoms. The van der Waals surface area contributed by atoms with Crippen LogP contribution in [0.25, 0.3) is 33.0 Å². The monoisotopic (exact) mass is 488 g/mol. The second kappa shape index (κ2) is 10.0. The normalized spacial score (nSPS) is 11.7. The van der Waals surface area contributed by atoms with Crippen LogP contribution >= 0.6 is 0 Å². The molecule has 7 heteroatoms. The van der Waals surface area contributed by atoms with Gasteiger partial charge in [-0.2, -0.15) is 0 Å². The molecule has 4 rings (SSSR count). The highest BCUT2D eigenvalue weighted by Gasteiger charge is 2.32. The van der Waals surface area contributed by atoms with Crippen LogP contribution in [0, 0.1) is 17.5 Å². The van der Waals surface area contributed by atoms with E-state index in [0.29, 0.717) is 5.39 Å². The van der Waals surface area contributed by atoms with Gasteiger partial charge in [-0.15, -0.1) is 13.2 Å². The third kappa shape index (κ3) is 5.61. The lowest BCUT2D eigenvalue weighted by Crippen LogP contribution is -2.17. The maximum atomic E-state index is 15.3. The molecule has 1 nitrogen and oxygen atoms in total. The van der Waals surface area contributed by atoms with E-state index in [1.807, 2.05) is 12.1 Å². The average molecular weight is 488 g/mol. The van der Waals surface area contributed by atoms with Gasteiger partial charge in [0.25, 0.3) is 0 Å². The predicted octanol–water partition coefficient (Wildman–Crippen LogP) is 9.22. The minimum absolute atomic E-state index is 0.0238. The molecule has 0 radical (unpaired) electrons. The fourth-order valence-corrected chi connectivity index (χ4v) is 4.09. The van der Waals surface area contributed by atoms with Gasteiger partial charge in [0.1, 0.15) is 11.6 Å². The van der Waals surface area contributed by atoms with Crippen molar-refractivity contribution in [1.29, 1.82) is 0 Å². The Morgan fingerprint density at radius 2 is 1.40 bits per heavy atom. The zero-order valence-corrected chi connectivity index (χ0v) is 18.9. The van der Waals surface area contributed by atoms with E-state index in [1.165, 1.54) is 12.1 Å². The van der Waals surface area contributed by atoms with Crippen LogP contribution in [-0.4, -0.2) is 6.36 Å². The summed E-state index contributed by atoms with van der Waals surface area (Å²) in [6, 6.07) is 15.6. The topological polar surface area (TPSA) is 9.23 Å². The minimum atomic E-state index is -5.05. The molecule has 0 amide bonds. The molecular weight excluding hydrogens is 466 g/mol. The molecule has 0 spiro atoms. The highest BCUT2D eigenvalue weighted by atomic mass is 19.4. The van der Waals surface area contributed by atoms with Crippen molar-refractivity contribution < 1.29 is 31.1 Å². The number of ether oxygens (including phenoxy) is 1. The summed E-state index contributed by atoms with van der Waals surface area (Å²) in [6.07, 6.45) is -0.811. The maximum Gasteiger partial charge on any atom is 0.573 e. The Morgan fingerprint density at radius 1 is 0.714 bits per heavy atom. The lowest BCUT2D eigenvalue weighted by atomic mass is 9.96. The fourth-order valence-electron chi connectivity index (χ4n) is 4.09. The summed E-state index contributed by atoms with van der Waals surface area (Å²) in [7, 11) is 0. The van der Waals surface area contributed by atoms with Gasteiger partial charge in [0.2, 0.25) is 0 Å². The highest BCUT2D eigenvalue weighted by molar-refractivity contribution is 5.89. The number of benzene rings is 4. The van der Waals surface area contributed by atoms with Crippen molar-refractivity contribution in [2.75, 3.05) is 0 Å². The average Bonchev–Trinajstić information content (AvgIpc) is 2.80. The quantitative estimate of drug-likeness (QED) is 0.186. The Balaban J connectivity index is 1.63. The standard InChI is InChI=1S/C28H22F6O/c1-2-3-4-5-17-6-10-22-18(14-17)8-12-23(27(22)31)20-7-11-21(24(29)15-20)19-9-13-26(25(30)16-19)35-28(32,33)34/h6-16H,2-5H2,1H3. The van der Waals surface area contributed by atoms with Crippen molar-refractivity contribution in [1.82, 2.24) is 0 Å². The summed E-state index contributed by atoms with van der Waals surface area (Å²) in [5.41, 5.74) is 1.61. The van der Waals surface area contributed by atoms with E-state index in [1.54, 1.807) is 18.2 Å². The first kappa shape index (κ1) is 24.6. The third-order valence-electron chi connectivity index (χ3n) is 5.84. The zero-order valence-electron chi connectivity index (χ0n) is 18.9. The molecule has 182 valence electrons. The molecule has 0 unspecified atom stereocenters. The molecule has 0 aliphatic heterocycles. The Hall–Kier alpha value is -3.48. The first-order chi connectivity index (χ1) is 16.7. The van der Waals surface area contributed by atoms with Gasteiger partial charge in [-0.25, -0.2) is 13.2 Å². The number of halogens is 6. The van der Waals surface area contributed by atoms with Crippen molar-refractivity contribution in [3.05, 3.63) is 89.7 Å². The number of alkyl halides is 3. The van der Waals surface area contributed by atoms with E-state index < -0.39 is 29.6 Å². The molecule has 4 aromatic rings. The van der Waals surface area contributed by atoms with Crippen LogP contribution in [0.2, 0.25) is 0 Å². The molecule has 0 heterocycles. The van der Waals surface area contributed by atoms with Gasteiger partial charge in [-0.05, 0) is 53.1 Å². The van der Waals surface area contributed by atoms with Crippen molar-refractivity contribution in [2.24, 2.45) is 0 Å². The Labute approximate surface area is 199 Å². The fraction of sp³-hybridized carbons (Fsp3) is 0.214. The lowest BCUT2D eigenvalue weighted by molar-refractivity contribution is -0.275. The second-order valence-electron chi connectivity index (χ2n) is 8.33. The van der Waals surface area contributed by atoms with E-state index in [0.717, 1.165) is 60.9 Å². The van der Waals surface area contributed by atoms with Gasteiger partial charge in [-0.3, -0.25) is 0 Å². The van der Waals surface area contributed by atoms with Crippen LogP contribution in [0.1, 0.15) is 31.7 Å². The molecule has 0 saturated heterocycles. The number of fused-ring (bicyclic) bond motifs is 1. The van der Waals surface area contributed by atoms with Crippen molar-refractivity contribution in [3.8, 4) is 28.0 Å². The molecule has 0 aromatic heterocycles. The number of aryl methyl sites for hydroxylation is 1. The van der Waals surface area contributed by atoms with E-state index in [-0.39, 0.29) is 22.3 Å². The molecule has 0 fully saturated rings. The van der Waals surface area contributed by atoms with Crippen LogP contribution in [0.5, 0.6) is 5.75 Å². The van der Waals surface area contributed by atoms with Crippen molar-refractivity contribution in [2.45, 2.75) is 39.0 Å². The molecule has 0 N–H and O–H groups in total. The van der Waals surface area contributed by atoms with Gasteiger partial charge >= 0.3 is 6.36 Å². The number of unbranched alkanes of at least 4 members (excludes halogenated alkanes) is 2. The van der Waals surface area contributed by atoms with Crippen molar-refractivity contribution >= 4 is 10.8 Å². The Kier molecular flexibility index (Phi) is 7.05. The number of rotatable bonds is 7. The van der Waals surface area contributed by atoms with E-state index >= 15 is 4.39 Å². The summed E-state index contributed by atoms with van der Waals surface area (Å²) in [6.45, 7) is 2.13. The first-order valence-corrected chi connectivity index (χ1v) is 11.2. The summed E-state index contributed by atoms with van der Waals surface area (Å²) >= 11 is 0. The molecule has 0 saturated carbocycles. The summed E-state index contributed by atoms with van der Waals surface area (Å²) < 4.78 is 84.9. The molecule has 0 bridgehead atoms. The first-order valence-electron chi connectivity index (χ1n) is 11.2. The maximum absolute atomic E-state index is 15.3. The molecular formula is C28H22F6O. The molecule has 0 aliphatic rings. The SMILES string of the molecule is CCCCCc1ccc2c(F)c(-c3ccc(-c4ccc(OC(F)(F)F)c(F)c4)c(F)c3)ccc2c1. The van der Waals surface area contributed by atoms with Crippen LogP contribution in [-0.2, 0) is 6.42 Å². The van der Waals surface area contributed by atoms with Crippen LogP contribution in [0.3, 0.4) is 0 Å². The van der Waals surface area contributed by atoms with Gasteiger partial charge in [0.05, 0.1) is 0 Å². The number of hydrogen-bond acceptors (Lipinski definition) is 1. The Bertz CT molecular complexity index is 1360. The largest absolute Gasteiger partial charge is 0.573 e. The van der Waals surface area contributed by atoms with Gasteiger partial charge in [-0.1, -0.05) is 68.3 Å². The zero-order chi connectivity index (χ0) is 25.2. The highest BCUT2D eigenvalue weighted by Crippen LogP contribution is 2.34. The molecule has 0 aliphatic carbocycles. The molecule has 4 aromatic carbocycles. The van der Waals surface area contributed by atoms with E-state index in [9.17, 15) is 22.0 Å². The van der Waals surface area contributed by atoms with Gasteiger partial charge < -0.3 is 4.74 Å². The summed E-state index contributed by atoms with van der Waals surface area (Å²) in [5, 5.41) is 1.18. The van der Waals surface area contributed by atoms with Gasteiger partial charge in [0.15, 0.2) is 11.6 Å². The van der Waals surface area contributed by atoms with E-state index in [4.69, 9.17) is 0 Å². The summed E-state index contributed by atoms with van der Waals surface area (Å²) in [5.74, 6) is -3.53. The second-order valence-corrected chi connectivity index (χ2v) is 8.33. The Morgan fingerprint density at radius 3 is 2.09 bits per heavy atom. The minimum Gasteiger partial charge on any atom is -0.403 e. The molecule has 0 atom stereocenters. The van der Waals surface area contributed by atoms with Crippen LogP contribution in [0.4, 0.5) is 26.3 Å². The number of hydrogen-bond donors (Lipinski definition) is 0. The van der Waals surface area contributed by atoms with Crippen molar-refractivity contribution in [3.63, 3.8) is 0 Å². The van der Waals surface area contributed by atoms with E-state index in [2.05, 4.69) is 11.7 Å².